The van der Waals surface area contributed by atoms with Crippen molar-refractivity contribution in [3.8, 4) is 5.75 Å². The predicted octanol–water partition coefficient (Wildman–Crippen LogP) is 1.37. The summed E-state index contributed by atoms with van der Waals surface area (Å²) in [6.45, 7) is 3.73. The highest BCUT2D eigenvalue weighted by Crippen LogP contribution is 2.24. The van der Waals surface area contributed by atoms with Crippen molar-refractivity contribution in [3.05, 3.63) is 28.8 Å². The summed E-state index contributed by atoms with van der Waals surface area (Å²) in [6.07, 6.45) is 0. The van der Waals surface area contributed by atoms with Gasteiger partial charge < -0.3 is 14.9 Å². The molecule has 0 saturated carbocycles. The van der Waals surface area contributed by atoms with Gasteiger partial charge in [-0.2, -0.15) is 0 Å². The van der Waals surface area contributed by atoms with Gasteiger partial charge in [-0.15, -0.1) is 0 Å². The summed E-state index contributed by atoms with van der Waals surface area (Å²) < 4.78 is 5.31. The van der Waals surface area contributed by atoms with E-state index in [1.165, 1.54) is 0 Å². The van der Waals surface area contributed by atoms with E-state index in [0.29, 0.717) is 5.75 Å². The molecule has 0 unspecified atom stereocenters. The molecule has 0 bridgehead atoms. The Morgan fingerprint density at radius 2 is 1.87 bits per heavy atom. The molecule has 0 aromatic heterocycles. The highest BCUT2D eigenvalue weighted by atomic mass is 16.5. The molecule has 0 fully saturated rings. The number of carbonyl (C=O) groups is 1. The fourth-order valence-corrected chi connectivity index (χ4v) is 1.45. The summed E-state index contributed by atoms with van der Waals surface area (Å²) >= 11 is 0. The Kier molecular flexibility index (Phi) is 3.68. The Hall–Kier alpha value is -1.55. The van der Waals surface area contributed by atoms with Crippen molar-refractivity contribution in [1.29, 1.82) is 0 Å². The molecule has 0 aliphatic rings. The van der Waals surface area contributed by atoms with Gasteiger partial charge in [0.25, 0.3) is 0 Å². The first-order chi connectivity index (χ1) is 7.06. The molecule has 0 radical (unpaired) electrons. The number of rotatable bonds is 4. The number of carboxylic acid groups (broad SMARTS) is 1. The molecule has 2 N–H and O–H groups in total. The van der Waals surface area contributed by atoms with Crippen LogP contribution in [0.3, 0.4) is 0 Å². The molecule has 82 valence electrons. The largest absolute Gasteiger partial charge is 0.491 e. The van der Waals surface area contributed by atoms with Gasteiger partial charge in [0.05, 0.1) is 12.2 Å². The zero-order valence-electron chi connectivity index (χ0n) is 8.78. The van der Waals surface area contributed by atoms with Gasteiger partial charge in [-0.25, -0.2) is 4.79 Å². The molecule has 4 heteroatoms. The van der Waals surface area contributed by atoms with Crippen LogP contribution in [-0.2, 0) is 0 Å². The third-order valence-electron chi connectivity index (χ3n) is 2.04. The van der Waals surface area contributed by atoms with Crippen molar-refractivity contribution in [2.45, 2.75) is 13.8 Å². The van der Waals surface area contributed by atoms with Crippen LogP contribution in [0.15, 0.2) is 12.1 Å². The average molecular weight is 210 g/mol. The summed E-state index contributed by atoms with van der Waals surface area (Å²) in [5.74, 6) is -0.302. The van der Waals surface area contributed by atoms with E-state index in [4.69, 9.17) is 14.9 Å². The van der Waals surface area contributed by atoms with E-state index in [2.05, 4.69) is 0 Å². The van der Waals surface area contributed by atoms with Crippen molar-refractivity contribution in [2.24, 2.45) is 0 Å². The van der Waals surface area contributed by atoms with Crippen molar-refractivity contribution in [2.75, 3.05) is 13.2 Å². The van der Waals surface area contributed by atoms with E-state index >= 15 is 0 Å². The maximum atomic E-state index is 10.7. The Labute approximate surface area is 88.1 Å². The minimum atomic E-state index is -0.949. The van der Waals surface area contributed by atoms with Gasteiger partial charge in [0.1, 0.15) is 12.4 Å². The number of ether oxygens (including phenoxy) is 1. The molecule has 0 amide bonds. The molecule has 15 heavy (non-hydrogen) atoms. The number of aryl methyl sites for hydroxylation is 2. The van der Waals surface area contributed by atoms with Crippen LogP contribution in [0, 0.1) is 13.8 Å². The maximum absolute atomic E-state index is 10.7. The lowest BCUT2D eigenvalue weighted by atomic mass is 10.1. The van der Waals surface area contributed by atoms with E-state index in [0.717, 1.165) is 11.1 Å². The molecule has 1 aromatic rings. The summed E-state index contributed by atoms with van der Waals surface area (Å²) in [4.78, 5) is 10.7. The van der Waals surface area contributed by atoms with E-state index in [1.807, 2.05) is 0 Å². The lowest BCUT2D eigenvalue weighted by Crippen LogP contribution is -2.06. The van der Waals surface area contributed by atoms with Gasteiger partial charge in [-0.05, 0) is 37.1 Å². The lowest BCUT2D eigenvalue weighted by molar-refractivity contribution is 0.0696. The molecule has 0 heterocycles. The van der Waals surface area contributed by atoms with E-state index in [1.54, 1.807) is 26.0 Å². The smallest absolute Gasteiger partial charge is 0.335 e. The quantitative estimate of drug-likeness (QED) is 0.787. The summed E-state index contributed by atoms with van der Waals surface area (Å²) in [5.41, 5.74) is 1.78. The fourth-order valence-electron chi connectivity index (χ4n) is 1.45. The van der Waals surface area contributed by atoms with Crippen LogP contribution in [0.2, 0.25) is 0 Å². The topological polar surface area (TPSA) is 66.8 Å². The first-order valence-electron chi connectivity index (χ1n) is 4.64. The van der Waals surface area contributed by atoms with Crippen molar-refractivity contribution in [1.82, 2.24) is 0 Å². The molecular formula is C11H14O4. The minimum Gasteiger partial charge on any atom is -0.491 e. The average Bonchev–Trinajstić information content (AvgIpc) is 2.16. The summed E-state index contributed by atoms with van der Waals surface area (Å²) in [5, 5.41) is 17.5. The fraction of sp³-hybridized carbons (Fsp3) is 0.364. The number of carboxylic acids is 1. The Bertz CT molecular complexity index is 348. The normalized spacial score (nSPS) is 10.1. The van der Waals surface area contributed by atoms with Gasteiger partial charge in [-0.1, -0.05) is 0 Å². The highest BCUT2D eigenvalue weighted by molar-refractivity contribution is 5.88. The highest BCUT2D eigenvalue weighted by Gasteiger charge is 2.10. The summed E-state index contributed by atoms with van der Waals surface area (Å²) in [7, 11) is 0. The lowest BCUT2D eigenvalue weighted by Gasteiger charge is -2.11. The minimum absolute atomic E-state index is 0.0560. The number of aliphatic hydroxyl groups is 1. The molecule has 0 spiro atoms. The molecular weight excluding hydrogens is 196 g/mol. The second-order valence-electron chi connectivity index (χ2n) is 3.32. The van der Waals surface area contributed by atoms with Gasteiger partial charge in [0, 0.05) is 0 Å². The van der Waals surface area contributed by atoms with Crippen LogP contribution in [0.4, 0.5) is 0 Å². The number of hydrogen-bond donors (Lipinski definition) is 2. The zero-order chi connectivity index (χ0) is 11.4. The molecule has 1 aromatic carbocycles. The first-order valence-corrected chi connectivity index (χ1v) is 4.64. The maximum Gasteiger partial charge on any atom is 0.335 e. The molecule has 0 saturated heterocycles. The van der Waals surface area contributed by atoms with Gasteiger partial charge in [-0.3, -0.25) is 0 Å². The first kappa shape index (κ1) is 11.5. The van der Waals surface area contributed by atoms with E-state index < -0.39 is 5.97 Å². The van der Waals surface area contributed by atoms with Crippen molar-refractivity contribution < 1.29 is 19.7 Å². The van der Waals surface area contributed by atoms with E-state index in [9.17, 15) is 4.79 Å². The van der Waals surface area contributed by atoms with Crippen molar-refractivity contribution >= 4 is 5.97 Å². The predicted molar refractivity (Wildman–Crippen MR) is 55.5 cm³/mol. The zero-order valence-corrected chi connectivity index (χ0v) is 8.78. The Balaban J connectivity index is 3.04. The number of hydrogen-bond acceptors (Lipinski definition) is 3. The third kappa shape index (κ3) is 2.70. The van der Waals surface area contributed by atoms with Crippen molar-refractivity contribution in [3.63, 3.8) is 0 Å². The second kappa shape index (κ2) is 4.79. The molecule has 0 atom stereocenters. The van der Waals surface area contributed by atoms with Gasteiger partial charge in [0.2, 0.25) is 0 Å². The molecule has 0 aliphatic heterocycles. The Morgan fingerprint density at radius 1 is 1.33 bits per heavy atom. The SMILES string of the molecule is Cc1cc(C(=O)O)cc(C)c1OCCO. The van der Waals surface area contributed by atoms with Crippen LogP contribution in [0.1, 0.15) is 21.5 Å². The number of benzene rings is 1. The third-order valence-corrected chi connectivity index (χ3v) is 2.04. The Morgan fingerprint density at radius 3 is 2.27 bits per heavy atom. The second-order valence-corrected chi connectivity index (χ2v) is 3.32. The van der Waals surface area contributed by atoms with Crippen LogP contribution in [0.25, 0.3) is 0 Å². The number of aromatic carboxylic acids is 1. The van der Waals surface area contributed by atoms with Crippen LogP contribution in [0.5, 0.6) is 5.75 Å². The monoisotopic (exact) mass is 210 g/mol. The standard InChI is InChI=1S/C11H14O4/c1-7-5-9(11(13)14)6-8(2)10(7)15-4-3-12/h5-6,12H,3-4H2,1-2H3,(H,13,14). The molecule has 1 rings (SSSR count). The van der Waals surface area contributed by atoms with Gasteiger partial charge in [0.15, 0.2) is 0 Å². The van der Waals surface area contributed by atoms with Crippen LogP contribution >= 0.6 is 0 Å². The van der Waals surface area contributed by atoms with Crippen LogP contribution in [-0.4, -0.2) is 29.4 Å². The van der Waals surface area contributed by atoms with E-state index in [-0.39, 0.29) is 18.8 Å². The number of aliphatic hydroxyl groups excluding tert-OH is 1. The molecule has 0 aliphatic carbocycles. The van der Waals surface area contributed by atoms with Gasteiger partial charge >= 0.3 is 5.97 Å². The van der Waals surface area contributed by atoms with Crippen LogP contribution < -0.4 is 4.74 Å². The molecule has 4 nitrogen and oxygen atoms in total. The summed E-state index contributed by atoms with van der Waals surface area (Å²) in [6, 6.07) is 3.12.